The van der Waals surface area contributed by atoms with E-state index in [1.54, 1.807) is 12.9 Å². The van der Waals surface area contributed by atoms with E-state index in [1.807, 2.05) is 6.08 Å². The van der Waals surface area contributed by atoms with E-state index in [2.05, 4.69) is 11.0 Å². The zero-order valence-corrected chi connectivity index (χ0v) is 6.90. The topological polar surface area (TPSA) is 21.7 Å². The Kier molecular flexibility index (Phi) is 2.32. The van der Waals surface area contributed by atoms with Crippen molar-refractivity contribution in [3.05, 3.63) is 30.7 Å². The SMILES string of the molecule is [CH]1OC=CC=C1N1CCOCC1. The van der Waals surface area contributed by atoms with Crippen LogP contribution in [0.25, 0.3) is 0 Å². The predicted molar refractivity (Wildman–Crippen MR) is 45.0 cm³/mol. The molecule has 0 spiro atoms. The summed E-state index contributed by atoms with van der Waals surface area (Å²) in [5.41, 5.74) is 1.14. The van der Waals surface area contributed by atoms with E-state index in [4.69, 9.17) is 9.47 Å². The normalized spacial score (nSPS) is 23.3. The van der Waals surface area contributed by atoms with Crippen molar-refractivity contribution in [1.29, 1.82) is 0 Å². The van der Waals surface area contributed by atoms with Gasteiger partial charge in [0.25, 0.3) is 0 Å². The summed E-state index contributed by atoms with van der Waals surface area (Å²) in [4.78, 5) is 2.26. The van der Waals surface area contributed by atoms with Gasteiger partial charge in [-0.25, -0.2) is 0 Å². The molecule has 0 aromatic rings. The third kappa shape index (κ3) is 1.61. The van der Waals surface area contributed by atoms with E-state index in [1.165, 1.54) is 0 Å². The average Bonchev–Trinajstić information content (AvgIpc) is 2.21. The lowest BCUT2D eigenvalue weighted by atomic mass is 10.3. The standard InChI is InChI=1S/C9H12NO2/c1-2-9(8-12-5-1)10-3-6-11-7-4-10/h1-2,5,8H,3-4,6-7H2. The first kappa shape index (κ1) is 7.68. The van der Waals surface area contributed by atoms with Crippen molar-refractivity contribution in [2.75, 3.05) is 26.3 Å². The van der Waals surface area contributed by atoms with Crippen LogP contribution in [0.5, 0.6) is 0 Å². The maximum absolute atomic E-state index is 5.25. The first-order chi connectivity index (χ1) is 5.97. The average molecular weight is 166 g/mol. The summed E-state index contributed by atoms with van der Waals surface area (Å²) in [6, 6.07) is 0. The van der Waals surface area contributed by atoms with Crippen molar-refractivity contribution in [3.63, 3.8) is 0 Å². The van der Waals surface area contributed by atoms with Crippen molar-refractivity contribution in [2.24, 2.45) is 0 Å². The molecule has 0 atom stereocenters. The van der Waals surface area contributed by atoms with Gasteiger partial charge in [-0.2, -0.15) is 0 Å². The van der Waals surface area contributed by atoms with E-state index in [-0.39, 0.29) is 0 Å². The lowest BCUT2D eigenvalue weighted by Gasteiger charge is -2.30. The van der Waals surface area contributed by atoms with Crippen LogP contribution in [0.3, 0.4) is 0 Å². The van der Waals surface area contributed by atoms with E-state index in [9.17, 15) is 0 Å². The second-order valence-corrected chi connectivity index (χ2v) is 2.77. The Balaban J connectivity index is 1.97. The highest BCUT2D eigenvalue weighted by molar-refractivity contribution is 5.19. The fourth-order valence-electron chi connectivity index (χ4n) is 1.33. The lowest BCUT2D eigenvalue weighted by molar-refractivity contribution is 0.0510. The molecule has 2 aliphatic heterocycles. The van der Waals surface area contributed by atoms with Crippen molar-refractivity contribution in [3.8, 4) is 0 Å². The highest BCUT2D eigenvalue weighted by Crippen LogP contribution is 2.14. The first-order valence-corrected chi connectivity index (χ1v) is 4.15. The number of ether oxygens (including phenoxy) is 2. The molecule has 2 heterocycles. The molecule has 0 aromatic carbocycles. The van der Waals surface area contributed by atoms with Crippen molar-refractivity contribution in [1.82, 2.24) is 4.90 Å². The van der Waals surface area contributed by atoms with Crippen LogP contribution in [-0.4, -0.2) is 31.2 Å². The summed E-state index contributed by atoms with van der Waals surface area (Å²) in [5, 5.41) is 0. The van der Waals surface area contributed by atoms with Gasteiger partial charge in [-0.1, -0.05) is 0 Å². The van der Waals surface area contributed by atoms with Crippen LogP contribution in [0, 0.1) is 6.61 Å². The van der Waals surface area contributed by atoms with Crippen LogP contribution in [0.1, 0.15) is 0 Å². The first-order valence-electron chi connectivity index (χ1n) is 4.15. The molecule has 2 rings (SSSR count). The molecular weight excluding hydrogens is 154 g/mol. The largest absolute Gasteiger partial charge is 0.487 e. The highest BCUT2D eigenvalue weighted by Gasteiger charge is 2.14. The summed E-state index contributed by atoms with van der Waals surface area (Å²) in [6.45, 7) is 5.31. The van der Waals surface area contributed by atoms with E-state index in [0.29, 0.717) is 0 Å². The molecule has 0 bridgehead atoms. The molecule has 0 amide bonds. The van der Waals surface area contributed by atoms with E-state index in [0.717, 1.165) is 32.0 Å². The third-order valence-electron chi connectivity index (χ3n) is 1.99. The van der Waals surface area contributed by atoms with Gasteiger partial charge in [-0.05, 0) is 12.2 Å². The molecule has 3 nitrogen and oxygen atoms in total. The van der Waals surface area contributed by atoms with Gasteiger partial charge < -0.3 is 14.4 Å². The zero-order valence-electron chi connectivity index (χ0n) is 6.90. The maximum atomic E-state index is 5.25. The van der Waals surface area contributed by atoms with Crippen LogP contribution < -0.4 is 0 Å². The van der Waals surface area contributed by atoms with Crippen molar-refractivity contribution < 1.29 is 9.47 Å². The molecule has 3 heteroatoms. The van der Waals surface area contributed by atoms with Gasteiger partial charge in [0.05, 0.1) is 25.2 Å². The molecule has 1 saturated heterocycles. The van der Waals surface area contributed by atoms with Gasteiger partial charge >= 0.3 is 0 Å². The minimum Gasteiger partial charge on any atom is -0.487 e. The van der Waals surface area contributed by atoms with Gasteiger partial charge in [0.15, 0.2) is 6.61 Å². The smallest absolute Gasteiger partial charge is 0.180 e. The van der Waals surface area contributed by atoms with Crippen molar-refractivity contribution >= 4 is 0 Å². The Hall–Kier alpha value is -0.960. The zero-order chi connectivity index (χ0) is 8.23. The summed E-state index contributed by atoms with van der Waals surface area (Å²) >= 11 is 0. The fraction of sp³-hybridized carbons (Fsp3) is 0.444. The molecule has 1 radical (unpaired) electrons. The number of hydrogen-bond acceptors (Lipinski definition) is 3. The maximum Gasteiger partial charge on any atom is 0.180 e. The molecule has 1 fully saturated rings. The highest BCUT2D eigenvalue weighted by atomic mass is 16.5. The molecule has 2 aliphatic rings. The minimum absolute atomic E-state index is 0.814. The van der Waals surface area contributed by atoms with Crippen LogP contribution in [0.15, 0.2) is 24.1 Å². The van der Waals surface area contributed by atoms with Gasteiger partial charge in [0.2, 0.25) is 0 Å². The van der Waals surface area contributed by atoms with Crippen LogP contribution in [-0.2, 0) is 9.47 Å². The minimum atomic E-state index is 0.814. The predicted octanol–water partition coefficient (Wildman–Crippen LogP) is 0.908. The summed E-state index contributed by atoms with van der Waals surface area (Å²) in [7, 11) is 0. The molecule has 0 saturated carbocycles. The van der Waals surface area contributed by atoms with Crippen LogP contribution in [0.2, 0.25) is 0 Å². The number of morpholine rings is 1. The Morgan fingerprint density at radius 1 is 1.25 bits per heavy atom. The molecule has 0 unspecified atom stereocenters. The van der Waals surface area contributed by atoms with Gasteiger partial charge in [-0.15, -0.1) is 0 Å². The Labute approximate surface area is 72.3 Å². The number of allylic oxidation sites excluding steroid dienone is 2. The molecule has 12 heavy (non-hydrogen) atoms. The van der Waals surface area contributed by atoms with Gasteiger partial charge in [0.1, 0.15) is 0 Å². The Bertz CT molecular complexity index is 205. The van der Waals surface area contributed by atoms with Gasteiger partial charge in [0, 0.05) is 13.1 Å². The molecule has 65 valence electrons. The lowest BCUT2D eigenvalue weighted by Crippen LogP contribution is -2.36. The summed E-state index contributed by atoms with van der Waals surface area (Å²) < 4.78 is 10.3. The van der Waals surface area contributed by atoms with Crippen molar-refractivity contribution in [2.45, 2.75) is 0 Å². The van der Waals surface area contributed by atoms with Crippen LogP contribution in [0.4, 0.5) is 0 Å². The molecule has 0 aliphatic carbocycles. The Morgan fingerprint density at radius 3 is 2.75 bits per heavy atom. The van der Waals surface area contributed by atoms with E-state index >= 15 is 0 Å². The van der Waals surface area contributed by atoms with Crippen LogP contribution >= 0.6 is 0 Å². The second-order valence-electron chi connectivity index (χ2n) is 2.77. The van der Waals surface area contributed by atoms with E-state index < -0.39 is 0 Å². The second kappa shape index (κ2) is 3.63. The quantitative estimate of drug-likeness (QED) is 0.578. The Morgan fingerprint density at radius 2 is 2.08 bits per heavy atom. The number of rotatable bonds is 1. The number of nitrogens with zero attached hydrogens (tertiary/aromatic N) is 1. The monoisotopic (exact) mass is 166 g/mol. The number of hydrogen-bond donors (Lipinski definition) is 0. The molecule has 0 N–H and O–H groups in total. The summed E-state index contributed by atoms with van der Waals surface area (Å²) in [5.74, 6) is 0. The summed E-state index contributed by atoms with van der Waals surface area (Å²) in [6.07, 6.45) is 5.63. The molecular formula is C9H12NO2. The fourth-order valence-corrected chi connectivity index (χ4v) is 1.33. The van der Waals surface area contributed by atoms with Gasteiger partial charge in [-0.3, -0.25) is 0 Å². The molecule has 0 aromatic heterocycles. The third-order valence-corrected chi connectivity index (χ3v) is 1.99.